The number of piperidine rings is 1. The van der Waals surface area contributed by atoms with E-state index in [2.05, 4.69) is 18.7 Å². The predicted octanol–water partition coefficient (Wildman–Crippen LogP) is 2.22. The van der Waals surface area contributed by atoms with Gasteiger partial charge in [0.1, 0.15) is 5.76 Å². The molecular weight excluding hydrogens is 200 g/mol. The Kier molecular flexibility index (Phi) is 3.66. The van der Waals surface area contributed by atoms with Gasteiger partial charge in [-0.25, -0.2) is 0 Å². The summed E-state index contributed by atoms with van der Waals surface area (Å²) in [6.07, 6.45) is 3.09. The Balaban J connectivity index is 1.98. The lowest BCUT2D eigenvalue weighted by atomic mass is 9.92. The second-order valence-corrected chi connectivity index (χ2v) is 5.21. The molecule has 2 heterocycles. The molecule has 1 aliphatic rings. The van der Waals surface area contributed by atoms with Crippen molar-refractivity contribution < 1.29 is 4.42 Å². The van der Waals surface area contributed by atoms with Crippen molar-refractivity contribution in [1.82, 2.24) is 4.90 Å². The van der Waals surface area contributed by atoms with Gasteiger partial charge in [0.25, 0.3) is 0 Å². The fourth-order valence-electron chi connectivity index (χ4n) is 2.81. The molecule has 2 atom stereocenters. The molecule has 0 radical (unpaired) electrons. The van der Waals surface area contributed by atoms with Crippen LogP contribution in [-0.4, -0.2) is 18.0 Å². The van der Waals surface area contributed by atoms with Crippen LogP contribution in [0.2, 0.25) is 0 Å². The number of furan rings is 1. The molecule has 90 valence electrons. The number of rotatable bonds is 3. The summed E-state index contributed by atoms with van der Waals surface area (Å²) in [6, 6.07) is 1.98. The Bertz CT molecular complexity index is 324. The molecule has 1 aliphatic heterocycles. The second kappa shape index (κ2) is 5.02. The van der Waals surface area contributed by atoms with Crippen LogP contribution >= 0.6 is 0 Å². The van der Waals surface area contributed by atoms with E-state index in [1.165, 1.54) is 19.5 Å². The third-order valence-electron chi connectivity index (χ3n) is 3.37. The first-order chi connectivity index (χ1) is 7.69. The Morgan fingerprint density at radius 3 is 2.69 bits per heavy atom. The van der Waals surface area contributed by atoms with E-state index in [-0.39, 0.29) is 0 Å². The third-order valence-corrected chi connectivity index (χ3v) is 3.37. The quantitative estimate of drug-likeness (QED) is 0.852. The van der Waals surface area contributed by atoms with Crippen LogP contribution in [0.5, 0.6) is 0 Å². The van der Waals surface area contributed by atoms with Crippen molar-refractivity contribution in [2.24, 2.45) is 17.6 Å². The molecule has 3 nitrogen and oxygen atoms in total. The van der Waals surface area contributed by atoms with E-state index in [1.807, 2.05) is 6.07 Å². The van der Waals surface area contributed by atoms with Crippen molar-refractivity contribution in [1.29, 1.82) is 0 Å². The van der Waals surface area contributed by atoms with Crippen LogP contribution in [-0.2, 0) is 13.1 Å². The normalized spacial score (nSPS) is 27.2. The van der Waals surface area contributed by atoms with Crippen molar-refractivity contribution in [2.75, 3.05) is 13.1 Å². The van der Waals surface area contributed by atoms with Gasteiger partial charge in [-0.2, -0.15) is 0 Å². The van der Waals surface area contributed by atoms with Crippen LogP contribution in [0.25, 0.3) is 0 Å². The van der Waals surface area contributed by atoms with E-state index in [4.69, 9.17) is 10.2 Å². The summed E-state index contributed by atoms with van der Waals surface area (Å²) in [5.74, 6) is 2.63. The first kappa shape index (κ1) is 11.7. The van der Waals surface area contributed by atoms with Gasteiger partial charge in [0.15, 0.2) is 0 Å². The fraction of sp³-hybridized carbons (Fsp3) is 0.692. The maximum absolute atomic E-state index is 5.68. The average molecular weight is 222 g/mol. The van der Waals surface area contributed by atoms with Crippen LogP contribution in [0.15, 0.2) is 16.7 Å². The van der Waals surface area contributed by atoms with Gasteiger partial charge in [0, 0.05) is 25.2 Å². The molecule has 0 amide bonds. The van der Waals surface area contributed by atoms with Gasteiger partial charge < -0.3 is 10.2 Å². The smallest absolute Gasteiger partial charge is 0.122 e. The first-order valence-electron chi connectivity index (χ1n) is 6.16. The van der Waals surface area contributed by atoms with E-state index in [0.29, 0.717) is 6.54 Å². The highest BCUT2D eigenvalue weighted by molar-refractivity contribution is 5.16. The molecule has 2 rings (SSSR count). The molecular formula is C13H22N2O. The summed E-state index contributed by atoms with van der Waals surface area (Å²) in [4.78, 5) is 2.48. The largest absolute Gasteiger partial charge is 0.468 e. The Hall–Kier alpha value is -0.800. The molecule has 2 N–H and O–H groups in total. The van der Waals surface area contributed by atoms with Crippen molar-refractivity contribution in [2.45, 2.75) is 33.4 Å². The third kappa shape index (κ3) is 2.66. The minimum absolute atomic E-state index is 0.574. The van der Waals surface area contributed by atoms with Gasteiger partial charge >= 0.3 is 0 Å². The molecule has 0 aliphatic carbocycles. The molecule has 1 aromatic heterocycles. The molecule has 1 aromatic rings. The number of hydrogen-bond donors (Lipinski definition) is 1. The van der Waals surface area contributed by atoms with Gasteiger partial charge in [-0.1, -0.05) is 13.8 Å². The van der Waals surface area contributed by atoms with Crippen LogP contribution in [0.3, 0.4) is 0 Å². The van der Waals surface area contributed by atoms with Crippen molar-refractivity contribution >= 4 is 0 Å². The summed E-state index contributed by atoms with van der Waals surface area (Å²) in [6.45, 7) is 8.49. The van der Waals surface area contributed by atoms with Crippen molar-refractivity contribution in [3.8, 4) is 0 Å². The summed E-state index contributed by atoms with van der Waals surface area (Å²) >= 11 is 0. The maximum Gasteiger partial charge on any atom is 0.122 e. The first-order valence-corrected chi connectivity index (χ1v) is 6.16. The minimum Gasteiger partial charge on any atom is -0.468 e. The van der Waals surface area contributed by atoms with E-state index >= 15 is 0 Å². The zero-order chi connectivity index (χ0) is 11.5. The van der Waals surface area contributed by atoms with Crippen LogP contribution < -0.4 is 5.73 Å². The lowest BCUT2D eigenvalue weighted by Crippen LogP contribution is -2.38. The molecule has 0 spiro atoms. The highest BCUT2D eigenvalue weighted by Gasteiger charge is 2.22. The van der Waals surface area contributed by atoms with Gasteiger partial charge in [-0.15, -0.1) is 0 Å². The maximum atomic E-state index is 5.68. The molecule has 3 heteroatoms. The SMILES string of the molecule is CC1CC(C)CN(Cc2occc2CN)C1. The monoisotopic (exact) mass is 222 g/mol. The zero-order valence-electron chi connectivity index (χ0n) is 10.3. The Morgan fingerprint density at radius 2 is 2.06 bits per heavy atom. The van der Waals surface area contributed by atoms with E-state index in [9.17, 15) is 0 Å². The highest BCUT2D eigenvalue weighted by Crippen LogP contribution is 2.23. The number of likely N-dealkylation sites (tertiary alicyclic amines) is 1. The van der Waals surface area contributed by atoms with Gasteiger partial charge in [-0.3, -0.25) is 4.90 Å². The topological polar surface area (TPSA) is 42.4 Å². The molecule has 1 saturated heterocycles. The molecule has 2 unspecified atom stereocenters. The molecule has 0 bridgehead atoms. The highest BCUT2D eigenvalue weighted by atomic mass is 16.3. The second-order valence-electron chi connectivity index (χ2n) is 5.21. The van der Waals surface area contributed by atoms with Crippen molar-refractivity contribution in [3.05, 3.63) is 23.7 Å². The summed E-state index contributed by atoms with van der Waals surface area (Å²) < 4.78 is 5.51. The van der Waals surface area contributed by atoms with Crippen LogP contribution in [0.1, 0.15) is 31.6 Å². The predicted molar refractivity (Wildman–Crippen MR) is 64.8 cm³/mol. The van der Waals surface area contributed by atoms with Gasteiger partial charge in [0.05, 0.1) is 12.8 Å². The Morgan fingerprint density at radius 1 is 1.38 bits per heavy atom. The number of hydrogen-bond acceptors (Lipinski definition) is 3. The summed E-state index contributed by atoms with van der Waals surface area (Å²) in [5.41, 5.74) is 6.82. The van der Waals surface area contributed by atoms with E-state index < -0.39 is 0 Å². The molecule has 1 fully saturated rings. The molecule has 0 saturated carbocycles. The van der Waals surface area contributed by atoms with E-state index in [1.54, 1.807) is 6.26 Å². The fourth-order valence-corrected chi connectivity index (χ4v) is 2.81. The summed E-state index contributed by atoms with van der Waals surface area (Å²) in [5, 5.41) is 0. The van der Waals surface area contributed by atoms with E-state index in [0.717, 1.165) is 29.7 Å². The zero-order valence-corrected chi connectivity index (χ0v) is 10.3. The average Bonchev–Trinajstić information content (AvgIpc) is 2.63. The molecule has 0 aromatic carbocycles. The standard InChI is InChI=1S/C13H22N2O/c1-10-5-11(2)8-15(7-10)9-13-12(6-14)3-4-16-13/h3-4,10-11H,5-9,14H2,1-2H3. The van der Waals surface area contributed by atoms with Crippen molar-refractivity contribution in [3.63, 3.8) is 0 Å². The van der Waals surface area contributed by atoms with Crippen LogP contribution in [0.4, 0.5) is 0 Å². The van der Waals surface area contributed by atoms with Crippen LogP contribution in [0, 0.1) is 11.8 Å². The summed E-state index contributed by atoms with van der Waals surface area (Å²) in [7, 11) is 0. The number of nitrogens with zero attached hydrogens (tertiary/aromatic N) is 1. The van der Waals surface area contributed by atoms with Gasteiger partial charge in [0.2, 0.25) is 0 Å². The minimum atomic E-state index is 0.574. The molecule has 16 heavy (non-hydrogen) atoms. The Labute approximate surface area is 97.6 Å². The lowest BCUT2D eigenvalue weighted by Gasteiger charge is -2.34. The number of nitrogens with two attached hydrogens (primary N) is 1. The lowest BCUT2D eigenvalue weighted by molar-refractivity contribution is 0.125. The van der Waals surface area contributed by atoms with Gasteiger partial charge in [-0.05, 0) is 24.3 Å².